The molecule has 3 nitrogen and oxygen atoms in total. The summed E-state index contributed by atoms with van der Waals surface area (Å²) in [7, 11) is 0. The lowest BCUT2D eigenvalue weighted by molar-refractivity contribution is 0.454. The van der Waals surface area contributed by atoms with E-state index in [9.17, 15) is 0 Å². The van der Waals surface area contributed by atoms with Crippen LogP contribution in [0.2, 0.25) is 0 Å². The second-order valence-corrected chi connectivity index (χ2v) is 4.16. The Morgan fingerprint density at radius 1 is 1.40 bits per heavy atom. The zero-order chi connectivity index (χ0) is 10.7. The third-order valence-electron chi connectivity index (χ3n) is 1.99. The lowest BCUT2D eigenvalue weighted by Gasteiger charge is -2.03. The van der Waals surface area contributed by atoms with E-state index in [-0.39, 0.29) is 0 Å². The van der Waals surface area contributed by atoms with E-state index in [1.165, 1.54) is 11.8 Å². The van der Waals surface area contributed by atoms with E-state index >= 15 is 0 Å². The first-order valence-corrected chi connectivity index (χ1v) is 5.49. The Bertz CT molecular complexity index is 453. The van der Waals surface area contributed by atoms with Gasteiger partial charge in [-0.15, -0.1) is 0 Å². The number of oxazole rings is 1. The summed E-state index contributed by atoms with van der Waals surface area (Å²) >= 11 is 1.50. The van der Waals surface area contributed by atoms with E-state index in [1.54, 1.807) is 6.26 Å². The maximum absolute atomic E-state index is 5.65. The Morgan fingerprint density at radius 2 is 2.20 bits per heavy atom. The minimum Gasteiger partial charge on any atom is -0.439 e. The number of hydrogen-bond donors (Lipinski definition) is 1. The summed E-state index contributed by atoms with van der Waals surface area (Å²) in [6, 6.07) is 7.99. The maximum Gasteiger partial charge on any atom is 0.260 e. The molecule has 2 N–H and O–H groups in total. The van der Waals surface area contributed by atoms with Crippen LogP contribution in [0, 0.1) is 6.92 Å². The molecule has 15 heavy (non-hydrogen) atoms. The smallest absolute Gasteiger partial charge is 0.260 e. The topological polar surface area (TPSA) is 52.0 Å². The van der Waals surface area contributed by atoms with Gasteiger partial charge in [-0.1, -0.05) is 18.2 Å². The Labute approximate surface area is 92.7 Å². The molecule has 2 aromatic rings. The number of nitrogens with zero attached hydrogens (tertiary/aromatic N) is 1. The lowest BCUT2D eigenvalue weighted by Crippen LogP contribution is -1.97. The van der Waals surface area contributed by atoms with Gasteiger partial charge in [-0.05, 0) is 30.3 Å². The molecule has 0 fully saturated rings. The molecular weight excluding hydrogens is 208 g/mol. The van der Waals surface area contributed by atoms with Crippen LogP contribution in [0.25, 0.3) is 0 Å². The van der Waals surface area contributed by atoms with Crippen molar-refractivity contribution in [2.75, 3.05) is 0 Å². The van der Waals surface area contributed by atoms with E-state index in [0.717, 1.165) is 16.2 Å². The number of rotatable bonds is 3. The normalized spacial score (nSPS) is 10.5. The second kappa shape index (κ2) is 4.51. The molecule has 0 saturated heterocycles. The van der Waals surface area contributed by atoms with Crippen LogP contribution in [0.5, 0.6) is 0 Å². The minimum atomic E-state index is 0.531. The second-order valence-electron chi connectivity index (χ2n) is 3.17. The van der Waals surface area contributed by atoms with Crippen molar-refractivity contribution >= 4 is 11.8 Å². The summed E-state index contributed by atoms with van der Waals surface area (Å²) in [5.74, 6) is 0. The molecule has 1 heterocycles. The third-order valence-corrected chi connectivity index (χ3v) is 2.97. The standard InChI is InChI=1S/C11H12N2OS/c1-8-7-14-11(13-8)15-10-5-3-2-4-9(10)6-12/h2-5,7H,6,12H2,1H3. The van der Waals surface area contributed by atoms with Crippen molar-refractivity contribution in [2.24, 2.45) is 5.73 Å². The molecule has 0 aliphatic carbocycles. The molecule has 1 aromatic carbocycles. The fourth-order valence-electron chi connectivity index (χ4n) is 1.25. The van der Waals surface area contributed by atoms with Crippen LogP contribution in [-0.4, -0.2) is 4.98 Å². The van der Waals surface area contributed by atoms with Crippen molar-refractivity contribution in [3.63, 3.8) is 0 Å². The molecule has 0 amide bonds. The van der Waals surface area contributed by atoms with Gasteiger partial charge in [0.25, 0.3) is 5.22 Å². The molecule has 0 bridgehead atoms. The van der Waals surface area contributed by atoms with E-state index in [2.05, 4.69) is 4.98 Å². The van der Waals surface area contributed by atoms with Crippen molar-refractivity contribution in [3.05, 3.63) is 41.8 Å². The van der Waals surface area contributed by atoms with Crippen molar-refractivity contribution < 1.29 is 4.42 Å². The Balaban J connectivity index is 2.23. The fraction of sp³-hybridized carbons (Fsp3) is 0.182. The molecule has 0 saturated carbocycles. The molecule has 0 radical (unpaired) electrons. The molecule has 0 atom stereocenters. The number of hydrogen-bond acceptors (Lipinski definition) is 4. The first-order chi connectivity index (χ1) is 7.29. The summed E-state index contributed by atoms with van der Waals surface area (Å²) in [5, 5.41) is 0.661. The number of aromatic nitrogens is 1. The molecule has 0 unspecified atom stereocenters. The highest BCUT2D eigenvalue weighted by Gasteiger charge is 2.06. The summed E-state index contributed by atoms with van der Waals surface area (Å²) in [4.78, 5) is 5.34. The highest BCUT2D eigenvalue weighted by Crippen LogP contribution is 2.29. The monoisotopic (exact) mass is 220 g/mol. The van der Waals surface area contributed by atoms with Gasteiger partial charge < -0.3 is 10.2 Å². The van der Waals surface area contributed by atoms with E-state index in [4.69, 9.17) is 10.2 Å². The highest BCUT2D eigenvalue weighted by molar-refractivity contribution is 7.99. The molecule has 0 spiro atoms. The molecule has 4 heteroatoms. The van der Waals surface area contributed by atoms with Gasteiger partial charge >= 0.3 is 0 Å². The number of benzene rings is 1. The Morgan fingerprint density at radius 3 is 2.87 bits per heavy atom. The van der Waals surface area contributed by atoms with Gasteiger partial charge in [0.05, 0.1) is 5.69 Å². The molecular formula is C11H12N2OS. The van der Waals surface area contributed by atoms with Crippen molar-refractivity contribution in [3.8, 4) is 0 Å². The fourth-order valence-corrected chi connectivity index (χ4v) is 2.15. The van der Waals surface area contributed by atoms with Gasteiger partial charge in [-0.3, -0.25) is 0 Å². The lowest BCUT2D eigenvalue weighted by atomic mass is 10.2. The predicted molar refractivity (Wildman–Crippen MR) is 59.7 cm³/mol. The van der Waals surface area contributed by atoms with E-state index in [1.807, 2.05) is 31.2 Å². The van der Waals surface area contributed by atoms with Gasteiger partial charge in [0.2, 0.25) is 0 Å². The Hall–Kier alpha value is -1.26. The first kappa shape index (κ1) is 10.3. The summed E-state index contributed by atoms with van der Waals surface area (Å²) in [6.07, 6.45) is 1.65. The van der Waals surface area contributed by atoms with Crippen molar-refractivity contribution in [1.82, 2.24) is 4.98 Å². The average molecular weight is 220 g/mol. The molecule has 78 valence electrons. The molecule has 2 rings (SSSR count). The zero-order valence-electron chi connectivity index (χ0n) is 8.43. The summed E-state index contributed by atoms with van der Waals surface area (Å²) in [6.45, 7) is 2.44. The molecule has 1 aromatic heterocycles. The average Bonchev–Trinajstić information content (AvgIpc) is 2.65. The van der Waals surface area contributed by atoms with Gasteiger partial charge in [0.1, 0.15) is 6.26 Å². The summed E-state index contributed by atoms with van der Waals surface area (Å²) < 4.78 is 5.28. The Kier molecular flexibility index (Phi) is 3.08. The van der Waals surface area contributed by atoms with Crippen LogP contribution in [0.3, 0.4) is 0 Å². The van der Waals surface area contributed by atoms with Crippen LogP contribution in [-0.2, 0) is 6.54 Å². The van der Waals surface area contributed by atoms with E-state index < -0.39 is 0 Å². The quantitative estimate of drug-likeness (QED) is 0.863. The van der Waals surface area contributed by atoms with Gasteiger partial charge in [-0.2, -0.15) is 0 Å². The highest BCUT2D eigenvalue weighted by atomic mass is 32.2. The summed E-state index contributed by atoms with van der Waals surface area (Å²) in [5.41, 5.74) is 7.65. The van der Waals surface area contributed by atoms with Gasteiger partial charge in [-0.25, -0.2) is 4.98 Å². The van der Waals surface area contributed by atoms with Crippen molar-refractivity contribution in [2.45, 2.75) is 23.6 Å². The van der Waals surface area contributed by atoms with Crippen LogP contribution < -0.4 is 5.73 Å². The van der Waals surface area contributed by atoms with Crippen LogP contribution in [0.1, 0.15) is 11.3 Å². The first-order valence-electron chi connectivity index (χ1n) is 4.67. The largest absolute Gasteiger partial charge is 0.439 e. The maximum atomic E-state index is 5.65. The van der Waals surface area contributed by atoms with Gasteiger partial charge in [0.15, 0.2) is 0 Å². The van der Waals surface area contributed by atoms with Crippen LogP contribution in [0.4, 0.5) is 0 Å². The number of nitrogens with two attached hydrogens (primary N) is 1. The SMILES string of the molecule is Cc1coc(Sc2ccccc2CN)n1. The predicted octanol–water partition coefficient (Wildman–Crippen LogP) is 2.59. The van der Waals surface area contributed by atoms with Crippen LogP contribution >= 0.6 is 11.8 Å². The zero-order valence-corrected chi connectivity index (χ0v) is 9.25. The molecule has 0 aliphatic rings. The number of aryl methyl sites for hydroxylation is 1. The van der Waals surface area contributed by atoms with Gasteiger partial charge in [0, 0.05) is 11.4 Å². The van der Waals surface area contributed by atoms with E-state index in [0.29, 0.717) is 11.8 Å². The third kappa shape index (κ3) is 2.40. The van der Waals surface area contributed by atoms with Crippen molar-refractivity contribution in [1.29, 1.82) is 0 Å². The van der Waals surface area contributed by atoms with Crippen LogP contribution in [0.15, 0.2) is 45.1 Å². The molecule has 0 aliphatic heterocycles. The minimum absolute atomic E-state index is 0.531.